The molecule has 5 atom stereocenters. The Hall–Kier alpha value is -3.84. The molecule has 0 bridgehead atoms. The molecule has 1 aromatic heterocycles. The molecule has 0 amide bonds. The monoisotopic (exact) mass is 820 g/mol. The van der Waals surface area contributed by atoms with Crippen LogP contribution in [0.25, 0.3) is 0 Å². The number of hydrogen-bond donors (Lipinski definition) is 1. The summed E-state index contributed by atoms with van der Waals surface area (Å²) in [6.45, 7) is 26.2. The summed E-state index contributed by atoms with van der Waals surface area (Å²) in [5, 5.41) is 7.67. The molecule has 14 heteroatoms. The van der Waals surface area contributed by atoms with Gasteiger partial charge in [-0.3, -0.25) is 24.3 Å². The number of aromatic nitrogens is 2. The Labute approximate surface area is 343 Å². The van der Waals surface area contributed by atoms with Crippen LogP contribution in [0.4, 0.5) is 0 Å². The summed E-state index contributed by atoms with van der Waals surface area (Å²) in [5.74, 6) is -1.14. The zero-order valence-corrected chi connectivity index (χ0v) is 37.3. The third-order valence-electron chi connectivity index (χ3n) is 9.04. The first-order chi connectivity index (χ1) is 26.1. The molecule has 320 valence electrons. The molecule has 1 saturated heterocycles. The average molecular weight is 821 g/mol. The molecule has 0 aliphatic carbocycles. The van der Waals surface area contributed by atoms with Crippen LogP contribution in [0, 0.1) is 28.6 Å². The number of carbonyl (C=O) groups is 4. The van der Waals surface area contributed by atoms with E-state index in [2.05, 4.69) is 10.2 Å². The van der Waals surface area contributed by atoms with Gasteiger partial charge in [0, 0.05) is 23.6 Å². The van der Waals surface area contributed by atoms with E-state index in [1.165, 1.54) is 0 Å². The van der Waals surface area contributed by atoms with Gasteiger partial charge in [-0.2, -0.15) is 0 Å². The number of H-pyrrole nitrogens is 1. The highest BCUT2D eigenvalue weighted by atomic mass is 35.5. The van der Waals surface area contributed by atoms with E-state index in [9.17, 15) is 19.2 Å². The van der Waals surface area contributed by atoms with Crippen LogP contribution >= 0.6 is 11.6 Å². The van der Waals surface area contributed by atoms with Crippen LogP contribution in [-0.2, 0) is 49.3 Å². The van der Waals surface area contributed by atoms with Gasteiger partial charge in [-0.25, -0.2) is 0 Å². The predicted octanol–water partition coefficient (Wildman–Crippen LogP) is 8.01. The number of rotatable bonds is 14. The number of nitrogens with zero attached hydrogens (tertiary/aromatic N) is 1. The van der Waals surface area contributed by atoms with Crippen molar-refractivity contribution in [3.05, 3.63) is 40.6 Å². The van der Waals surface area contributed by atoms with Crippen molar-refractivity contribution in [1.29, 1.82) is 0 Å². The van der Waals surface area contributed by atoms with Crippen molar-refractivity contribution < 1.29 is 52.3 Å². The highest BCUT2D eigenvalue weighted by Gasteiger charge is 2.56. The number of aromatic amines is 1. The lowest BCUT2D eigenvalue weighted by Gasteiger charge is -2.45. The molecule has 57 heavy (non-hydrogen) atoms. The van der Waals surface area contributed by atoms with Crippen molar-refractivity contribution in [2.45, 2.75) is 153 Å². The van der Waals surface area contributed by atoms with E-state index in [0.717, 1.165) is 29.0 Å². The summed E-state index contributed by atoms with van der Waals surface area (Å²) in [4.78, 5) is 54.1. The molecule has 3 rings (SSSR count). The Morgan fingerprint density at radius 3 is 1.81 bits per heavy atom. The van der Waals surface area contributed by atoms with Crippen molar-refractivity contribution >= 4 is 35.5 Å². The lowest BCUT2D eigenvalue weighted by Crippen LogP contribution is -2.65. The number of alkyl halides is 1. The number of benzene rings is 1. The zero-order chi connectivity index (χ0) is 43.3. The zero-order valence-electron chi connectivity index (χ0n) is 36.5. The van der Waals surface area contributed by atoms with Crippen LogP contribution in [0.2, 0.25) is 0 Å². The highest BCUT2D eigenvalue weighted by Crippen LogP contribution is 2.37. The molecule has 1 aliphatic rings. The van der Waals surface area contributed by atoms with Gasteiger partial charge in [0.1, 0.15) is 18.5 Å². The fraction of sp³-hybridized carbons (Fsp3) is 0.698. The second kappa shape index (κ2) is 18.8. The van der Waals surface area contributed by atoms with Crippen LogP contribution in [0.3, 0.4) is 0 Å². The third-order valence-corrected chi connectivity index (χ3v) is 9.31. The van der Waals surface area contributed by atoms with Gasteiger partial charge in [-0.15, -0.1) is 16.7 Å². The fourth-order valence-electron chi connectivity index (χ4n) is 5.39. The molecule has 0 radical (unpaired) electrons. The topological polar surface area (TPSA) is 162 Å². The second-order valence-electron chi connectivity index (χ2n) is 19.1. The molecule has 1 aliphatic heterocycles. The Bertz CT molecular complexity index is 1710. The molecule has 1 fully saturated rings. The van der Waals surface area contributed by atoms with E-state index in [0.29, 0.717) is 24.5 Å². The first-order valence-corrected chi connectivity index (χ1v) is 20.2. The molecule has 1 aromatic carbocycles. The maximum Gasteiger partial charge on any atom is 0.311 e. The molecule has 0 saturated carbocycles. The summed E-state index contributed by atoms with van der Waals surface area (Å²) in [6, 6.07) is 5.84. The van der Waals surface area contributed by atoms with Gasteiger partial charge in [0.05, 0.1) is 28.3 Å². The first kappa shape index (κ1) is 47.5. The minimum atomic E-state index is -1.49. The summed E-state index contributed by atoms with van der Waals surface area (Å²) < 4.78 is 43.1. The van der Waals surface area contributed by atoms with Gasteiger partial charge in [-0.05, 0) is 126 Å². The Balaban J connectivity index is 2.22. The van der Waals surface area contributed by atoms with Gasteiger partial charge in [-0.1, -0.05) is 19.9 Å². The Morgan fingerprint density at radius 1 is 0.789 bits per heavy atom. The van der Waals surface area contributed by atoms with E-state index in [1.54, 1.807) is 83.1 Å². The molecule has 2 aromatic rings. The highest BCUT2D eigenvalue weighted by molar-refractivity contribution is 6.17. The molecule has 13 nitrogen and oxygen atoms in total. The van der Waals surface area contributed by atoms with E-state index in [-0.39, 0.29) is 11.8 Å². The largest absolute Gasteiger partial charge is 0.494 e. The SMILES string of the molecule is Cc1cc(OCCCCl)ccc1Cc1c(O[C@@H]2O[C@H](COC(=O)C(C)(C)C)[C@@H](OC(=O)C(C)(C)C)[C@H](OC(=O)C(C)(C)C)[C@H]2OC(=O)C(C)(C)C)n[nH]c1C(C)C. The minimum Gasteiger partial charge on any atom is -0.494 e. The number of aryl methyl sites for hydroxylation is 1. The van der Waals surface area contributed by atoms with Crippen molar-refractivity contribution in [3.63, 3.8) is 0 Å². The van der Waals surface area contributed by atoms with Crippen LogP contribution in [0.5, 0.6) is 11.6 Å². The van der Waals surface area contributed by atoms with Crippen LogP contribution in [0.15, 0.2) is 18.2 Å². The number of nitrogens with one attached hydrogen (secondary N) is 1. The number of hydrogen-bond acceptors (Lipinski definition) is 12. The molecule has 0 unspecified atom stereocenters. The third kappa shape index (κ3) is 13.1. The lowest BCUT2D eigenvalue weighted by atomic mass is 9.93. The minimum absolute atomic E-state index is 0.00339. The average Bonchev–Trinajstić information content (AvgIpc) is 3.47. The quantitative estimate of drug-likeness (QED) is 0.0848. The molecular weight excluding hydrogens is 756 g/mol. The standard InChI is InChI=1S/C43H65ClN2O11/c1-24(2)30-28(22-26-17-18-27(21-25(26)3)51-20-16-19-44)34(46-45-30)57-35-33(56-39(50)43(13,14)15)32(55-38(49)42(10,11)12)31(54-37(48)41(7,8)9)29(53-35)23-52-36(47)40(4,5)6/h17-18,21,24,29,31-33,35H,16,19-20,22-23H2,1-15H3,(H,45,46)/t29-,31-,32+,33-,35+/m1/s1. The summed E-state index contributed by atoms with van der Waals surface area (Å²) >= 11 is 5.83. The van der Waals surface area contributed by atoms with Gasteiger partial charge in [0.15, 0.2) is 12.2 Å². The van der Waals surface area contributed by atoms with E-state index in [1.807, 2.05) is 39.0 Å². The predicted molar refractivity (Wildman–Crippen MR) is 215 cm³/mol. The number of ether oxygens (including phenoxy) is 7. The first-order valence-electron chi connectivity index (χ1n) is 19.6. The normalized spacial score (nSPS) is 20.5. The number of esters is 4. The number of halogens is 1. The van der Waals surface area contributed by atoms with Crippen LogP contribution in [-0.4, -0.2) is 83.9 Å². The number of carbonyl (C=O) groups excluding carboxylic acids is 4. The fourth-order valence-corrected chi connectivity index (χ4v) is 5.50. The van der Waals surface area contributed by atoms with E-state index < -0.39 is 82.8 Å². The molecule has 2 heterocycles. The Morgan fingerprint density at radius 2 is 1.32 bits per heavy atom. The van der Waals surface area contributed by atoms with Crippen molar-refractivity contribution in [1.82, 2.24) is 10.2 Å². The van der Waals surface area contributed by atoms with E-state index >= 15 is 0 Å². The van der Waals surface area contributed by atoms with Gasteiger partial charge < -0.3 is 33.2 Å². The van der Waals surface area contributed by atoms with Crippen molar-refractivity contribution in [2.75, 3.05) is 19.1 Å². The molecule has 1 N–H and O–H groups in total. The van der Waals surface area contributed by atoms with Gasteiger partial charge in [0.2, 0.25) is 18.3 Å². The van der Waals surface area contributed by atoms with Gasteiger partial charge in [0.25, 0.3) is 0 Å². The maximum atomic E-state index is 13.7. The van der Waals surface area contributed by atoms with E-state index in [4.69, 9.17) is 44.8 Å². The summed E-state index contributed by atoms with van der Waals surface area (Å²) in [7, 11) is 0. The summed E-state index contributed by atoms with van der Waals surface area (Å²) in [6.07, 6.45) is -5.95. The van der Waals surface area contributed by atoms with Crippen LogP contribution < -0.4 is 9.47 Å². The molecular formula is C43H65ClN2O11. The second-order valence-corrected chi connectivity index (χ2v) is 19.5. The molecule has 0 spiro atoms. The van der Waals surface area contributed by atoms with Crippen molar-refractivity contribution in [3.8, 4) is 11.6 Å². The Kier molecular flexibility index (Phi) is 15.7. The summed E-state index contributed by atoms with van der Waals surface area (Å²) in [5.41, 5.74) is -0.447. The maximum absolute atomic E-state index is 13.7. The smallest absolute Gasteiger partial charge is 0.311 e. The van der Waals surface area contributed by atoms with Crippen molar-refractivity contribution in [2.24, 2.45) is 21.7 Å². The lowest BCUT2D eigenvalue weighted by molar-refractivity contribution is -0.294. The van der Waals surface area contributed by atoms with Gasteiger partial charge >= 0.3 is 23.9 Å². The van der Waals surface area contributed by atoms with Crippen LogP contribution in [0.1, 0.15) is 132 Å².